The number of hydrogen-bond donors (Lipinski definition) is 1. The van der Waals surface area contributed by atoms with Crippen molar-refractivity contribution in [1.29, 1.82) is 0 Å². The normalized spacial score (nSPS) is 12.4. The number of ether oxygens (including phenoxy) is 1. The second-order valence-electron chi connectivity index (χ2n) is 6.12. The van der Waals surface area contributed by atoms with Crippen molar-refractivity contribution in [1.82, 2.24) is 0 Å². The fourth-order valence-electron chi connectivity index (χ4n) is 1.99. The van der Waals surface area contributed by atoms with Gasteiger partial charge in [-0.1, -0.05) is 46.0 Å². The number of nitrogens with two attached hydrogens (primary N) is 1. The summed E-state index contributed by atoms with van der Waals surface area (Å²) in [6.07, 6.45) is 9.11. The van der Waals surface area contributed by atoms with Gasteiger partial charge in [0.15, 0.2) is 0 Å². The van der Waals surface area contributed by atoms with Crippen molar-refractivity contribution < 1.29 is 14.3 Å². The van der Waals surface area contributed by atoms with Crippen molar-refractivity contribution in [2.75, 3.05) is 18.1 Å². The number of thioether (sulfide) groups is 1. The minimum absolute atomic E-state index is 0.119. The molecule has 0 rings (SSSR count). The number of rotatable bonds is 15. The molecular weight excluding hydrogens is 298 g/mol. The molecule has 0 amide bonds. The molecule has 0 aliphatic heterocycles. The van der Waals surface area contributed by atoms with Gasteiger partial charge in [0.05, 0.1) is 19.1 Å². The van der Waals surface area contributed by atoms with Gasteiger partial charge in [-0.15, -0.1) is 0 Å². The lowest BCUT2D eigenvalue weighted by molar-refractivity contribution is -0.143. The highest BCUT2D eigenvalue weighted by molar-refractivity contribution is 7.99. The zero-order valence-corrected chi connectivity index (χ0v) is 15.0. The Balaban J connectivity index is 3.24. The molecule has 1 unspecified atom stereocenters. The Labute approximate surface area is 139 Å². The highest BCUT2D eigenvalue weighted by Gasteiger charge is 2.04. The molecule has 0 fully saturated rings. The SMILES string of the molecule is CC(C)CCCCCCCOC(=O)CCSCCC(N)C=O. The molecule has 0 aromatic heterocycles. The Morgan fingerprint density at radius 2 is 1.77 bits per heavy atom. The summed E-state index contributed by atoms with van der Waals surface area (Å²) >= 11 is 1.64. The lowest BCUT2D eigenvalue weighted by Crippen LogP contribution is -2.21. The molecule has 0 aromatic carbocycles. The van der Waals surface area contributed by atoms with Crippen molar-refractivity contribution in [3.8, 4) is 0 Å². The van der Waals surface area contributed by atoms with Crippen LogP contribution in [0.25, 0.3) is 0 Å². The Hall–Kier alpha value is -0.550. The first-order valence-electron chi connectivity index (χ1n) is 8.50. The monoisotopic (exact) mass is 331 g/mol. The summed E-state index contributed by atoms with van der Waals surface area (Å²) in [7, 11) is 0. The van der Waals surface area contributed by atoms with Gasteiger partial charge in [-0.2, -0.15) is 11.8 Å². The van der Waals surface area contributed by atoms with Crippen LogP contribution in [0.2, 0.25) is 0 Å². The van der Waals surface area contributed by atoms with Crippen molar-refractivity contribution in [3.63, 3.8) is 0 Å². The third-order valence-electron chi connectivity index (χ3n) is 3.41. The molecule has 0 spiro atoms. The molecule has 0 saturated carbocycles. The van der Waals surface area contributed by atoms with Crippen LogP contribution in [0.1, 0.15) is 65.2 Å². The summed E-state index contributed by atoms with van der Waals surface area (Å²) < 4.78 is 5.20. The van der Waals surface area contributed by atoms with E-state index in [2.05, 4.69) is 13.8 Å². The van der Waals surface area contributed by atoms with Crippen LogP contribution < -0.4 is 5.73 Å². The minimum atomic E-state index is -0.375. The van der Waals surface area contributed by atoms with Crippen molar-refractivity contribution >= 4 is 24.0 Å². The molecule has 0 bridgehead atoms. The van der Waals surface area contributed by atoms with Crippen LogP contribution >= 0.6 is 11.8 Å². The molecule has 130 valence electrons. The molecule has 4 nitrogen and oxygen atoms in total. The van der Waals surface area contributed by atoms with E-state index >= 15 is 0 Å². The zero-order valence-electron chi connectivity index (χ0n) is 14.2. The lowest BCUT2D eigenvalue weighted by atomic mass is 10.0. The molecule has 0 aromatic rings. The molecular formula is C17H33NO3S. The Morgan fingerprint density at radius 3 is 2.45 bits per heavy atom. The summed E-state index contributed by atoms with van der Waals surface area (Å²) in [5.74, 6) is 2.23. The standard InChI is InChI=1S/C17H33NO3S/c1-15(2)8-6-4-3-5-7-11-21-17(20)10-13-22-12-9-16(18)14-19/h14-16H,3-13,18H2,1-2H3. The maximum Gasteiger partial charge on any atom is 0.306 e. The number of unbranched alkanes of at least 4 members (excludes halogenated alkanes) is 4. The summed E-state index contributed by atoms with van der Waals surface area (Å²) in [6.45, 7) is 5.06. The van der Waals surface area contributed by atoms with Crippen molar-refractivity contribution in [3.05, 3.63) is 0 Å². The molecule has 0 aliphatic carbocycles. The van der Waals surface area contributed by atoms with E-state index in [0.29, 0.717) is 19.4 Å². The van der Waals surface area contributed by atoms with E-state index in [4.69, 9.17) is 10.5 Å². The van der Waals surface area contributed by atoms with Gasteiger partial charge < -0.3 is 15.3 Å². The van der Waals surface area contributed by atoms with Gasteiger partial charge in [-0.3, -0.25) is 4.79 Å². The van der Waals surface area contributed by atoms with E-state index in [1.807, 2.05) is 0 Å². The van der Waals surface area contributed by atoms with Gasteiger partial charge in [0.1, 0.15) is 6.29 Å². The smallest absolute Gasteiger partial charge is 0.306 e. The zero-order chi connectivity index (χ0) is 16.6. The average Bonchev–Trinajstić information content (AvgIpc) is 2.48. The predicted molar refractivity (Wildman–Crippen MR) is 94.1 cm³/mol. The van der Waals surface area contributed by atoms with E-state index in [1.165, 1.54) is 25.7 Å². The van der Waals surface area contributed by atoms with E-state index in [1.54, 1.807) is 11.8 Å². The van der Waals surface area contributed by atoms with Gasteiger partial charge in [0.25, 0.3) is 0 Å². The van der Waals surface area contributed by atoms with E-state index in [0.717, 1.165) is 36.6 Å². The molecule has 0 aliphatic rings. The molecule has 0 radical (unpaired) electrons. The van der Waals surface area contributed by atoms with E-state index in [-0.39, 0.29) is 12.0 Å². The minimum Gasteiger partial charge on any atom is -0.466 e. The van der Waals surface area contributed by atoms with E-state index in [9.17, 15) is 9.59 Å². The van der Waals surface area contributed by atoms with Crippen LogP contribution in [-0.2, 0) is 14.3 Å². The van der Waals surface area contributed by atoms with Gasteiger partial charge in [-0.05, 0) is 24.5 Å². The third-order valence-corrected chi connectivity index (χ3v) is 4.43. The van der Waals surface area contributed by atoms with Crippen molar-refractivity contribution in [2.24, 2.45) is 11.7 Å². The second-order valence-corrected chi connectivity index (χ2v) is 7.35. The third kappa shape index (κ3) is 15.8. The first-order valence-corrected chi connectivity index (χ1v) is 9.66. The van der Waals surface area contributed by atoms with Crippen LogP contribution in [0.4, 0.5) is 0 Å². The predicted octanol–water partition coefficient (Wildman–Crippen LogP) is 3.57. The topological polar surface area (TPSA) is 69.4 Å². The number of hydrogen-bond acceptors (Lipinski definition) is 5. The Bertz CT molecular complexity index is 285. The quantitative estimate of drug-likeness (QED) is 0.282. The maximum absolute atomic E-state index is 11.5. The first-order chi connectivity index (χ1) is 10.6. The summed E-state index contributed by atoms with van der Waals surface area (Å²) in [6, 6.07) is -0.375. The molecule has 22 heavy (non-hydrogen) atoms. The van der Waals surface area contributed by atoms with Crippen molar-refractivity contribution in [2.45, 2.75) is 71.3 Å². The van der Waals surface area contributed by atoms with Gasteiger partial charge in [-0.25, -0.2) is 0 Å². The summed E-state index contributed by atoms with van der Waals surface area (Å²) in [4.78, 5) is 21.8. The lowest BCUT2D eigenvalue weighted by Gasteiger charge is -2.06. The summed E-state index contributed by atoms with van der Waals surface area (Å²) in [5.41, 5.74) is 5.48. The molecule has 0 heterocycles. The second kappa shape index (κ2) is 15.3. The van der Waals surface area contributed by atoms with Crippen LogP contribution in [-0.4, -0.2) is 36.4 Å². The van der Waals surface area contributed by atoms with Crippen LogP contribution in [0.3, 0.4) is 0 Å². The number of aldehydes is 1. The van der Waals surface area contributed by atoms with Crippen LogP contribution in [0, 0.1) is 5.92 Å². The Kier molecular flexibility index (Phi) is 15.0. The Morgan fingerprint density at radius 1 is 1.09 bits per heavy atom. The first kappa shape index (κ1) is 21.4. The van der Waals surface area contributed by atoms with Gasteiger partial charge >= 0.3 is 5.97 Å². The highest BCUT2D eigenvalue weighted by atomic mass is 32.2. The van der Waals surface area contributed by atoms with Gasteiger partial charge in [0, 0.05) is 5.75 Å². The largest absolute Gasteiger partial charge is 0.466 e. The fraction of sp³-hybridized carbons (Fsp3) is 0.882. The number of esters is 1. The maximum atomic E-state index is 11.5. The highest BCUT2D eigenvalue weighted by Crippen LogP contribution is 2.11. The number of carbonyl (C=O) groups excluding carboxylic acids is 2. The van der Waals surface area contributed by atoms with Gasteiger partial charge in [0.2, 0.25) is 0 Å². The molecule has 1 atom stereocenters. The molecule has 5 heteroatoms. The van der Waals surface area contributed by atoms with E-state index < -0.39 is 0 Å². The summed E-state index contributed by atoms with van der Waals surface area (Å²) in [5, 5.41) is 0. The molecule has 2 N–H and O–H groups in total. The van der Waals surface area contributed by atoms with Crippen LogP contribution in [0.15, 0.2) is 0 Å². The number of carbonyl (C=O) groups is 2. The van der Waals surface area contributed by atoms with Crippen LogP contribution in [0.5, 0.6) is 0 Å². The fourth-order valence-corrected chi connectivity index (χ4v) is 2.94. The molecule has 0 saturated heterocycles. The average molecular weight is 332 g/mol.